The van der Waals surface area contributed by atoms with Gasteiger partial charge in [0.25, 0.3) is 0 Å². The average molecular weight is 318 g/mol. The van der Waals surface area contributed by atoms with E-state index in [1.54, 1.807) is 29.2 Å². The molecule has 1 aromatic carbocycles. The Morgan fingerprint density at radius 2 is 2.30 bits per heavy atom. The van der Waals surface area contributed by atoms with E-state index in [-0.39, 0.29) is 5.82 Å². The first-order valence-corrected chi connectivity index (χ1v) is 8.09. The average Bonchev–Trinajstić information content (AvgIpc) is 3.15. The first-order valence-electron chi connectivity index (χ1n) is 8.09. The molecule has 1 saturated heterocycles. The number of halogens is 1. The molecule has 23 heavy (non-hydrogen) atoms. The Morgan fingerprint density at radius 3 is 3.04 bits per heavy atom. The van der Waals surface area contributed by atoms with Crippen LogP contribution in [0.15, 0.2) is 36.7 Å². The smallest absolute Gasteiger partial charge is 0.123 e. The van der Waals surface area contributed by atoms with E-state index in [9.17, 15) is 9.50 Å². The van der Waals surface area contributed by atoms with Crippen LogP contribution in [0.25, 0.3) is 0 Å². The predicted octanol–water partition coefficient (Wildman–Crippen LogP) is 1.88. The molecule has 0 bridgehead atoms. The molecule has 2 atom stereocenters. The Bertz CT molecular complexity index is 633. The molecule has 124 valence electrons. The molecular weight excluding hydrogens is 295 g/mol. The van der Waals surface area contributed by atoms with Crippen LogP contribution < -0.4 is 0 Å². The van der Waals surface area contributed by atoms with Gasteiger partial charge in [-0.25, -0.2) is 9.07 Å². The van der Waals surface area contributed by atoms with E-state index in [1.807, 2.05) is 6.07 Å². The lowest BCUT2D eigenvalue weighted by atomic mass is 10.0. The normalized spacial score (nSPS) is 23.3. The highest BCUT2D eigenvalue weighted by Crippen LogP contribution is 2.26. The number of hydrogen-bond acceptors (Lipinski definition) is 4. The van der Waals surface area contributed by atoms with Crippen LogP contribution in [0.5, 0.6) is 0 Å². The molecule has 0 radical (unpaired) electrons. The van der Waals surface area contributed by atoms with Crippen LogP contribution in [-0.2, 0) is 13.0 Å². The molecule has 2 unspecified atom stereocenters. The Labute approximate surface area is 135 Å². The molecule has 1 aliphatic heterocycles. The molecule has 1 aromatic heterocycles. The third-order valence-corrected chi connectivity index (χ3v) is 4.65. The Balaban J connectivity index is 1.51. The fourth-order valence-electron chi connectivity index (χ4n) is 3.26. The molecule has 5 nitrogen and oxygen atoms in total. The number of aryl methyl sites for hydroxylation is 1. The van der Waals surface area contributed by atoms with Crippen molar-refractivity contribution in [3.8, 4) is 0 Å². The fraction of sp³-hybridized carbons (Fsp3) is 0.529. The number of rotatable bonds is 6. The quantitative estimate of drug-likeness (QED) is 0.883. The molecule has 0 saturated carbocycles. The van der Waals surface area contributed by atoms with E-state index in [1.165, 1.54) is 6.07 Å². The summed E-state index contributed by atoms with van der Waals surface area (Å²) in [5.74, 6) is -0.182. The summed E-state index contributed by atoms with van der Waals surface area (Å²) in [6.45, 7) is 4.15. The first kappa shape index (κ1) is 16.1. The van der Waals surface area contributed by atoms with E-state index in [0.29, 0.717) is 19.1 Å². The Hall–Kier alpha value is -1.79. The van der Waals surface area contributed by atoms with Crippen LogP contribution in [0.3, 0.4) is 0 Å². The van der Waals surface area contributed by atoms with E-state index < -0.39 is 5.60 Å². The topological polar surface area (TPSA) is 54.2 Å². The number of likely N-dealkylation sites (tertiary alicyclic amines) is 1. The van der Waals surface area contributed by atoms with Gasteiger partial charge in [-0.2, -0.15) is 0 Å². The standard InChI is InChI=1S/C17H23FN4O/c1-14(5-6-15-3-2-4-16(18)11-15)21-9-7-17(23,12-21)13-22-10-8-19-20-22/h2-4,8,10-11,14,23H,5-7,9,12-13H2,1H3. The van der Waals surface area contributed by atoms with E-state index in [0.717, 1.165) is 31.4 Å². The number of nitrogens with zero attached hydrogens (tertiary/aromatic N) is 4. The van der Waals surface area contributed by atoms with Gasteiger partial charge >= 0.3 is 0 Å². The zero-order valence-electron chi connectivity index (χ0n) is 13.4. The van der Waals surface area contributed by atoms with Gasteiger partial charge in [0.1, 0.15) is 5.82 Å². The lowest BCUT2D eigenvalue weighted by molar-refractivity contribution is 0.0239. The fourth-order valence-corrected chi connectivity index (χ4v) is 3.26. The highest BCUT2D eigenvalue weighted by atomic mass is 19.1. The van der Waals surface area contributed by atoms with Crippen molar-refractivity contribution in [2.75, 3.05) is 13.1 Å². The molecule has 0 aliphatic carbocycles. The predicted molar refractivity (Wildman–Crippen MR) is 85.3 cm³/mol. The molecule has 2 aromatic rings. The van der Waals surface area contributed by atoms with Crippen LogP contribution in [0, 0.1) is 5.82 Å². The van der Waals surface area contributed by atoms with Gasteiger partial charge in [0.15, 0.2) is 0 Å². The second kappa shape index (κ2) is 6.76. The molecule has 1 N–H and O–H groups in total. The number of aromatic nitrogens is 3. The summed E-state index contributed by atoms with van der Waals surface area (Å²) >= 11 is 0. The zero-order chi connectivity index (χ0) is 16.3. The summed E-state index contributed by atoms with van der Waals surface area (Å²) in [7, 11) is 0. The minimum atomic E-state index is -0.749. The monoisotopic (exact) mass is 318 g/mol. The van der Waals surface area contributed by atoms with Crippen LogP contribution in [0.2, 0.25) is 0 Å². The summed E-state index contributed by atoms with van der Waals surface area (Å²) in [5, 5.41) is 18.4. The zero-order valence-corrected chi connectivity index (χ0v) is 13.4. The maximum atomic E-state index is 13.2. The first-order chi connectivity index (χ1) is 11.0. The third-order valence-electron chi connectivity index (χ3n) is 4.65. The van der Waals surface area contributed by atoms with Crippen molar-refractivity contribution in [2.24, 2.45) is 0 Å². The molecule has 1 fully saturated rings. The summed E-state index contributed by atoms with van der Waals surface area (Å²) in [5.41, 5.74) is 0.273. The van der Waals surface area contributed by atoms with Crippen molar-refractivity contribution < 1.29 is 9.50 Å². The van der Waals surface area contributed by atoms with Gasteiger partial charge in [-0.05, 0) is 43.9 Å². The summed E-state index contributed by atoms with van der Waals surface area (Å²) in [6.07, 6.45) is 5.92. The second-order valence-electron chi connectivity index (χ2n) is 6.56. The number of benzene rings is 1. The van der Waals surface area contributed by atoms with Crippen molar-refractivity contribution in [3.63, 3.8) is 0 Å². The lowest BCUT2D eigenvalue weighted by Crippen LogP contribution is -2.40. The van der Waals surface area contributed by atoms with Gasteiger partial charge in [0.2, 0.25) is 0 Å². The van der Waals surface area contributed by atoms with Crippen molar-refractivity contribution >= 4 is 0 Å². The summed E-state index contributed by atoms with van der Waals surface area (Å²) < 4.78 is 14.9. The molecule has 6 heteroatoms. The van der Waals surface area contributed by atoms with Crippen molar-refractivity contribution in [1.82, 2.24) is 19.9 Å². The summed E-state index contributed by atoms with van der Waals surface area (Å²) in [4.78, 5) is 2.30. The number of hydrogen-bond donors (Lipinski definition) is 1. The maximum absolute atomic E-state index is 13.2. The van der Waals surface area contributed by atoms with Crippen LogP contribution in [0.4, 0.5) is 4.39 Å². The Morgan fingerprint density at radius 1 is 1.43 bits per heavy atom. The van der Waals surface area contributed by atoms with E-state index in [2.05, 4.69) is 22.1 Å². The van der Waals surface area contributed by atoms with Gasteiger partial charge in [-0.15, -0.1) is 5.10 Å². The molecule has 3 rings (SSSR count). The van der Waals surface area contributed by atoms with Crippen LogP contribution in [0.1, 0.15) is 25.3 Å². The maximum Gasteiger partial charge on any atom is 0.123 e. The van der Waals surface area contributed by atoms with Crippen LogP contribution in [-0.4, -0.2) is 49.7 Å². The van der Waals surface area contributed by atoms with Gasteiger partial charge in [-0.1, -0.05) is 17.3 Å². The SMILES string of the molecule is CC(CCc1cccc(F)c1)N1CCC(O)(Cn2ccnn2)C1. The van der Waals surface area contributed by atoms with Crippen molar-refractivity contribution in [2.45, 2.75) is 44.4 Å². The highest BCUT2D eigenvalue weighted by molar-refractivity contribution is 5.16. The third kappa shape index (κ3) is 4.14. The molecule has 2 heterocycles. The second-order valence-corrected chi connectivity index (χ2v) is 6.56. The van der Waals surface area contributed by atoms with Crippen molar-refractivity contribution in [3.05, 3.63) is 48.0 Å². The van der Waals surface area contributed by atoms with Crippen molar-refractivity contribution in [1.29, 1.82) is 0 Å². The largest absolute Gasteiger partial charge is 0.387 e. The van der Waals surface area contributed by atoms with E-state index >= 15 is 0 Å². The minimum Gasteiger partial charge on any atom is -0.387 e. The molecule has 1 aliphatic rings. The van der Waals surface area contributed by atoms with Gasteiger partial charge in [0, 0.05) is 25.3 Å². The molecular formula is C17H23FN4O. The Kier molecular flexibility index (Phi) is 4.73. The van der Waals surface area contributed by atoms with Crippen LogP contribution >= 0.6 is 0 Å². The lowest BCUT2D eigenvalue weighted by Gasteiger charge is -2.27. The van der Waals surface area contributed by atoms with Gasteiger partial charge in [-0.3, -0.25) is 4.90 Å². The summed E-state index contributed by atoms with van der Waals surface area (Å²) in [6, 6.07) is 7.13. The minimum absolute atomic E-state index is 0.182. The highest BCUT2D eigenvalue weighted by Gasteiger charge is 2.38. The van der Waals surface area contributed by atoms with Gasteiger partial charge in [0.05, 0.1) is 18.3 Å². The van der Waals surface area contributed by atoms with E-state index in [4.69, 9.17) is 0 Å². The molecule has 0 amide bonds. The number of β-amino-alcohol motifs (C(OH)–C–C–N with tert-alkyl or cyclic N) is 1. The van der Waals surface area contributed by atoms with Gasteiger partial charge < -0.3 is 5.11 Å². The number of aliphatic hydroxyl groups is 1. The molecule has 0 spiro atoms.